The van der Waals surface area contributed by atoms with Crippen LogP contribution in [-0.2, 0) is 6.42 Å². The van der Waals surface area contributed by atoms with Gasteiger partial charge in [0.05, 0.1) is 0 Å². The van der Waals surface area contributed by atoms with Crippen molar-refractivity contribution < 1.29 is 0 Å². The Morgan fingerprint density at radius 1 is 1.12 bits per heavy atom. The van der Waals surface area contributed by atoms with Crippen molar-refractivity contribution >= 4 is 5.69 Å². The van der Waals surface area contributed by atoms with Gasteiger partial charge in [0.25, 0.3) is 0 Å². The molecule has 2 heteroatoms. The van der Waals surface area contributed by atoms with Gasteiger partial charge in [-0.05, 0) is 56.2 Å². The minimum Gasteiger partial charge on any atom is -0.399 e. The molecule has 0 bridgehead atoms. The Balaban J connectivity index is 2.51. The van der Waals surface area contributed by atoms with E-state index in [0.29, 0.717) is 0 Å². The maximum absolute atomic E-state index is 5.87. The number of anilines is 1. The molecule has 2 nitrogen and oxygen atoms in total. The van der Waals surface area contributed by atoms with E-state index in [9.17, 15) is 0 Å². The zero-order valence-corrected chi connectivity index (χ0v) is 10.8. The molecule has 90 valence electrons. The lowest BCUT2D eigenvalue weighted by molar-refractivity contribution is 0.830. The molecule has 1 heterocycles. The first kappa shape index (κ1) is 11.8. The van der Waals surface area contributed by atoms with Crippen LogP contribution in [0.1, 0.15) is 30.3 Å². The van der Waals surface area contributed by atoms with Gasteiger partial charge in [0.1, 0.15) is 0 Å². The highest BCUT2D eigenvalue weighted by Crippen LogP contribution is 2.21. The van der Waals surface area contributed by atoms with Crippen molar-refractivity contribution in [3.05, 3.63) is 47.3 Å². The highest BCUT2D eigenvalue weighted by atomic mass is 15.0. The molecule has 0 saturated carbocycles. The standard InChI is InChI=1S/C15H20N2/c1-4-5-13-7-6-12(3)17(13)14-8-9-15(16)11(2)10-14/h6-10H,4-5,16H2,1-3H3. The van der Waals surface area contributed by atoms with E-state index in [2.05, 4.69) is 49.6 Å². The first-order chi connectivity index (χ1) is 8.13. The minimum absolute atomic E-state index is 0.857. The van der Waals surface area contributed by atoms with Crippen molar-refractivity contribution in [1.82, 2.24) is 4.57 Å². The Morgan fingerprint density at radius 3 is 2.53 bits per heavy atom. The highest BCUT2D eigenvalue weighted by Gasteiger charge is 2.07. The number of nitrogens with zero attached hydrogens (tertiary/aromatic N) is 1. The average molecular weight is 228 g/mol. The monoisotopic (exact) mass is 228 g/mol. The predicted molar refractivity (Wildman–Crippen MR) is 73.7 cm³/mol. The molecule has 1 aromatic heterocycles. The van der Waals surface area contributed by atoms with Crippen molar-refractivity contribution in [1.29, 1.82) is 0 Å². The number of aromatic nitrogens is 1. The molecule has 0 saturated heterocycles. The summed E-state index contributed by atoms with van der Waals surface area (Å²) in [5.41, 5.74) is 11.7. The number of hydrogen-bond donors (Lipinski definition) is 1. The van der Waals surface area contributed by atoms with Gasteiger partial charge < -0.3 is 10.3 Å². The fraction of sp³-hybridized carbons (Fsp3) is 0.333. The fourth-order valence-corrected chi connectivity index (χ4v) is 2.21. The molecule has 0 aliphatic carbocycles. The molecule has 0 fully saturated rings. The van der Waals surface area contributed by atoms with E-state index in [0.717, 1.165) is 24.1 Å². The lowest BCUT2D eigenvalue weighted by Gasteiger charge is -2.13. The molecule has 1 aromatic carbocycles. The Morgan fingerprint density at radius 2 is 1.88 bits per heavy atom. The van der Waals surface area contributed by atoms with Gasteiger partial charge in [-0.15, -0.1) is 0 Å². The van der Waals surface area contributed by atoms with Gasteiger partial charge in [-0.25, -0.2) is 0 Å². The van der Waals surface area contributed by atoms with Crippen molar-refractivity contribution in [3.8, 4) is 5.69 Å². The van der Waals surface area contributed by atoms with Gasteiger partial charge in [-0.1, -0.05) is 13.3 Å². The van der Waals surface area contributed by atoms with Crippen LogP contribution in [0.2, 0.25) is 0 Å². The summed E-state index contributed by atoms with van der Waals surface area (Å²) < 4.78 is 2.32. The zero-order chi connectivity index (χ0) is 12.4. The number of benzene rings is 1. The molecule has 0 unspecified atom stereocenters. The van der Waals surface area contributed by atoms with E-state index >= 15 is 0 Å². The van der Waals surface area contributed by atoms with Crippen LogP contribution in [0.5, 0.6) is 0 Å². The molecule has 0 aliphatic heterocycles. The van der Waals surface area contributed by atoms with E-state index in [-0.39, 0.29) is 0 Å². The SMILES string of the molecule is CCCc1ccc(C)n1-c1ccc(N)c(C)c1. The maximum Gasteiger partial charge on any atom is 0.0459 e. The van der Waals surface area contributed by atoms with Crippen LogP contribution >= 0.6 is 0 Å². The summed E-state index contributed by atoms with van der Waals surface area (Å²) in [4.78, 5) is 0. The van der Waals surface area contributed by atoms with Gasteiger partial charge in [0.2, 0.25) is 0 Å². The van der Waals surface area contributed by atoms with Gasteiger partial charge in [0.15, 0.2) is 0 Å². The third-order valence-electron chi connectivity index (χ3n) is 3.17. The molecule has 17 heavy (non-hydrogen) atoms. The largest absolute Gasteiger partial charge is 0.399 e. The Kier molecular flexibility index (Phi) is 3.23. The molecule has 2 rings (SSSR count). The Hall–Kier alpha value is -1.70. The van der Waals surface area contributed by atoms with Gasteiger partial charge >= 0.3 is 0 Å². The van der Waals surface area contributed by atoms with Crippen LogP contribution in [0.4, 0.5) is 5.69 Å². The van der Waals surface area contributed by atoms with E-state index in [1.165, 1.54) is 17.1 Å². The molecule has 0 amide bonds. The topological polar surface area (TPSA) is 30.9 Å². The number of aryl methyl sites for hydroxylation is 3. The van der Waals surface area contributed by atoms with Crippen LogP contribution in [-0.4, -0.2) is 4.57 Å². The lowest BCUT2D eigenvalue weighted by Crippen LogP contribution is -2.03. The van der Waals surface area contributed by atoms with Gasteiger partial charge in [-0.2, -0.15) is 0 Å². The summed E-state index contributed by atoms with van der Waals surface area (Å²) in [6.45, 7) is 6.41. The Bertz CT molecular complexity index is 524. The summed E-state index contributed by atoms with van der Waals surface area (Å²) in [6.07, 6.45) is 2.27. The molecule has 0 radical (unpaired) electrons. The second-order valence-electron chi connectivity index (χ2n) is 4.59. The van der Waals surface area contributed by atoms with Crippen LogP contribution in [0, 0.1) is 13.8 Å². The summed E-state index contributed by atoms with van der Waals surface area (Å²) in [5.74, 6) is 0. The molecular formula is C15H20N2. The van der Waals surface area contributed by atoms with E-state index in [1.54, 1.807) is 0 Å². The highest BCUT2D eigenvalue weighted by molar-refractivity contribution is 5.53. The lowest BCUT2D eigenvalue weighted by atomic mass is 10.1. The second-order valence-corrected chi connectivity index (χ2v) is 4.59. The third-order valence-corrected chi connectivity index (χ3v) is 3.17. The molecule has 0 spiro atoms. The zero-order valence-electron chi connectivity index (χ0n) is 10.8. The summed E-state index contributed by atoms with van der Waals surface area (Å²) in [7, 11) is 0. The Labute approximate surface area is 103 Å². The summed E-state index contributed by atoms with van der Waals surface area (Å²) in [5, 5.41) is 0. The number of hydrogen-bond acceptors (Lipinski definition) is 1. The van der Waals surface area contributed by atoms with Crippen LogP contribution < -0.4 is 5.73 Å². The molecule has 0 aliphatic rings. The van der Waals surface area contributed by atoms with Crippen molar-refractivity contribution in [2.75, 3.05) is 5.73 Å². The number of rotatable bonds is 3. The minimum atomic E-state index is 0.857. The number of nitrogen functional groups attached to an aromatic ring is 1. The van der Waals surface area contributed by atoms with Crippen molar-refractivity contribution in [2.24, 2.45) is 0 Å². The van der Waals surface area contributed by atoms with E-state index in [1.807, 2.05) is 6.07 Å². The number of nitrogens with two attached hydrogens (primary N) is 1. The molecule has 2 N–H and O–H groups in total. The molecule has 0 atom stereocenters. The quantitative estimate of drug-likeness (QED) is 0.799. The summed E-state index contributed by atoms with van der Waals surface area (Å²) >= 11 is 0. The first-order valence-corrected chi connectivity index (χ1v) is 6.17. The maximum atomic E-state index is 5.87. The normalized spacial score (nSPS) is 10.8. The third kappa shape index (κ3) is 2.21. The van der Waals surface area contributed by atoms with Gasteiger partial charge in [-0.3, -0.25) is 0 Å². The average Bonchev–Trinajstić information content (AvgIpc) is 2.65. The summed E-state index contributed by atoms with van der Waals surface area (Å²) in [6, 6.07) is 10.6. The fourth-order valence-electron chi connectivity index (χ4n) is 2.21. The molecule has 2 aromatic rings. The van der Waals surface area contributed by atoms with Crippen LogP contribution in [0.15, 0.2) is 30.3 Å². The van der Waals surface area contributed by atoms with E-state index < -0.39 is 0 Å². The van der Waals surface area contributed by atoms with Crippen LogP contribution in [0.25, 0.3) is 5.69 Å². The van der Waals surface area contributed by atoms with Crippen molar-refractivity contribution in [2.45, 2.75) is 33.6 Å². The van der Waals surface area contributed by atoms with E-state index in [4.69, 9.17) is 5.73 Å². The predicted octanol–water partition coefficient (Wildman–Crippen LogP) is 3.63. The second kappa shape index (κ2) is 4.66. The molecular weight excluding hydrogens is 208 g/mol. The smallest absolute Gasteiger partial charge is 0.0459 e. The van der Waals surface area contributed by atoms with Gasteiger partial charge in [0, 0.05) is 22.8 Å². The van der Waals surface area contributed by atoms with Crippen molar-refractivity contribution in [3.63, 3.8) is 0 Å². The van der Waals surface area contributed by atoms with Crippen LogP contribution in [0.3, 0.4) is 0 Å². The first-order valence-electron chi connectivity index (χ1n) is 6.17.